The number of aromatic nitrogens is 3. The standard InChI is InChI=1S/C17H16N4O4S2/c1-3-24-11-7-5-10(6-8-11)15-18-12(9-26-15)14(22)19-16-13(20-21-27-16)17(23)25-4-2/h5-9H,3-4H2,1-2H3,(H,19,22). The quantitative estimate of drug-likeness (QED) is 0.601. The third kappa shape index (κ3) is 4.47. The molecule has 27 heavy (non-hydrogen) atoms. The first-order chi connectivity index (χ1) is 13.1. The summed E-state index contributed by atoms with van der Waals surface area (Å²) in [6.45, 7) is 4.42. The zero-order valence-electron chi connectivity index (χ0n) is 14.6. The van der Waals surface area contributed by atoms with Gasteiger partial charge in [-0.1, -0.05) is 4.49 Å². The second-order valence-electron chi connectivity index (χ2n) is 5.12. The molecule has 3 rings (SSSR count). The van der Waals surface area contributed by atoms with E-state index in [1.54, 1.807) is 12.3 Å². The first-order valence-electron chi connectivity index (χ1n) is 8.12. The predicted octanol–water partition coefficient (Wildman–Crippen LogP) is 3.49. The summed E-state index contributed by atoms with van der Waals surface area (Å²) in [6, 6.07) is 7.48. The highest BCUT2D eigenvalue weighted by Crippen LogP contribution is 2.27. The van der Waals surface area contributed by atoms with Crippen LogP contribution in [0.15, 0.2) is 29.6 Å². The minimum Gasteiger partial charge on any atom is -0.494 e. The highest BCUT2D eigenvalue weighted by molar-refractivity contribution is 7.13. The monoisotopic (exact) mass is 404 g/mol. The van der Waals surface area contributed by atoms with E-state index >= 15 is 0 Å². The van der Waals surface area contributed by atoms with Crippen LogP contribution in [0.3, 0.4) is 0 Å². The number of rotatable bonds is 7. The van der Waals surface area contributed by atoms with E-state index in [1.165, 1.54) is 11.3 Å². The number of nitrogens with zero attached hydrogens (tertiary/aromatic N) is 3. The van der Waals surface area contributed by atoms with E-state index in [1.807, 2.05) is 31.2 Å². The van der Waals surface area contributed by atoms with Crippen molar-refractivity contribution in [3.63, 3.8) is 0 Å². The lowest BCUT2D eigenvalue weighted by Gasteiger charge is -2.03. The predicted molar refractivity (Wildman–Crippen MR) is 103 cm³/mol. The summed E-state index contributed by atoms with van der Waals surface area (Å²) in [5.41, 5.74) is 1.11. The third-order valence-corrected chi connectivity index (χ3v) is 4.87. The van der Waals surface area contributed by atoms with E-state index in [4.69, 9.17) is 9.47 Å². The molecule has 0 atom stereocenters. The Labute approximate surface area is 163 Å². The lowest BCUT2D eigenvalue weighted by molar-refractivity contribution is 0.0520. The summed E-state index contributed by atoms with van der Waals surface area (Å²) < 4.78 is 14.0. The second-order valence-corrected chi connectivity index (χ2v) is 6.73. The number of thiazole rings is 1. The zero-order valence-corrected chi connectivity index (χ0v) is 16.2. The Morgan fingerprint density at radius 2 is 1.93 bits per heavy atom. The number of amides is 1. The molecule has 1 amide bonds. The topological polar surface area (TPSA) is 103 Å². The van der Waals surface area contributed by atoms with Gasteiger partial charge in [-0.05, 0) is 38.1 Å². The summed E-state index contributed by atoms with van der Waals surface area (Å²) in [6.07, 6.45) is 0. The number of anilines is 1. The van der Waals surface area contributed by atoms with Gasteiger partial charge >= 0.3 is 5.97 Å². The van der Waals surface area contributed by atoms with Crippen LogP contribution in [0.1, 0.15) is 34.8 Å². The van der Waals surface area contributed by atoms with Crippen LogP contribution in [0, 0.1) is 0 Å². The van der Waals surface area contributed by atoms with Gasteiger partial charge in [0.25, 0.3) is 5.91 Å². The molecular formula is C17H16N4O4S2. The van der Waals surface area contributed by atoms with Crippen LogP contribution in [0.2, 0.25) is 0 Å². The van der Waals surface area contributed by atoms with Gasteiger partial charge in [0.2, 0.25) is 5.69 Å². The van der Waals surface area contributed by atoms with Crippen LogP contribution in [-0.4, -0.2) is 39.7 Å². The molecule has 0 fully saturated rings. The fraction of sp³-hybridized carbons (Fsp3) is 0.235. The number of hydrogen-bond acceptors (Lipinski definition) is 9. The molecule has 2 aromatic heterocycles. The first-order valence-corrected chi connectivity index (χ1v) is 9.77. The van der Waals surface area contributed by atoms with Crippen molar-refractivity contribution in [1.82, 2.24) is 14.6 Å². The Bertz CT molecular complexity index is 937. The maximum absolute atomic E-state index is 12.4. The van der Waals surface area contributed by atoms with Crippen LogP contribution in [-0.2, 0) is 4.74 Å². The van der Waals surface area contributed by atoms with E-state index in [-0.39, 0.29) is 23.0 Å². The molecule has 10 heteroatoms. The van der Waals surface area contributed by atoms with Crippen molar-refractivity contribution in [2.75, 3.05) is 18.5 Å². The summed E-state index contributed by atoms with van der Waals surface area (Å²) in [5, 5.41) is 8.91. The van der Waals surface area contributed by atoms with Gasteiger partial charge in [0.05, 0.1) is 13.2 Å². The minimum atomic E-state index is -0.630. The molecule has 1 aromatic carbocycles. The van der Waals surface area contributed by atoms with Crippen molar-refractivity contribution in [3.05, 3.63) is 41.0 Å². The molecule has 2 heterocycles. The lowest BCUT2D eigenvalue weighted by Crippen LogP contribution is -2.15. The van der Waals surface area contributed by atoms with Crippen molar-refractivity contribution < 1.29 is 19.1 Å². The number of nitrogens with one attached hydrogen (secondary N) is 1. The molecule has 0 aliphatic heterocycles. The second kappa shape index (κ2) is 8.69. The molecular weight excluding hydrogens is 388 g/mol. The summed E-state index contributed by atoms with van der Waals surface area (Å²) in [5.74, 6) is -0.296. The zero-order chi connectivity index (χ0) is 19.2. The molecule has 0 unspecified atom stereocenters. The van der Waals surface area contributed by atoms with Gasteiger partial charge in [-0.3, -0.25) is 4.79 Å². The van der Waals surface area contributed by atoms with Gasteiger partial charge in [0.15, 0.2) is 5.00 Å². The van der Waals surface area contributed by atoms with E-state index in [0.717, 1.165) is 22.8 Å². The maximum Gasteiger partial charge on any atom is 0.362 e. The fourth-order valence-corrected chi connectivity index (χ4v) is 3.50. The SMILES string of the molecule is CCOC(=O)c1nnsc1NC(=O)c1csc(-c2ccc(OCC)cc2)n1. The number of esters is 1. The van der Waals surface area contributed by atoms with Gasteiger partial charge in [-0.2, -0.15) is 0 Å². The number of ether oxygens (including phenoxy) is 2. The minimum absolute atomic E-state index is 0.0165. The van der Waals surface area contributed by atoms with Crippen molar-refractivity contribution in [2.45, 2.75) is 13.8 Å². The van der Waals surface area contributed by atoms with Crippen molar-refractivity contribution in [2.24, 2.45) is 0 Å². The van der Waals surface area contributed by atoms with Crippen molar-refractivity contribution in [1.29, 1.82) is 0 Å². The molecule has 0 saturated heterocycles. The Hall–Kier alpha value is -2.85. The maximum atomic E-state index is 12.4. The van der Waals surface area contributed by atoms with Crippen LogP contribution in [0.4, 0.5) is 5.00 Å². The third-order valence-electron chi connectivity index (χ3n) is 3.33. The fourth-order valence-electron chi connectivity index (χ4n) is 2.14. The smallest absolute Gasteiger partial charge is 0.362 e. The molecule has 0 radical (unpaired) electrons. The van der Waals surface area contributed by atoms with Crippen molar-refractivity contribution in [3.8, 4) is 16.3 Å². The number of carbonyl (C=O) groups excluding carboxylic acids is 2. The van der Waals surface area contributed by atoms with Gasteiger partial charge in [-0.25, -0.2) is 9.78 Å². The van der Waals surface area contributed by atoms with Crippen LogP contribution in [0.5, 0.6) is 5.75 Å². The van der Waals surface area contributed by atoms with Gasteiger partial charge in [-0.15, -0.1) is 16.4 Å². The Morgan fingerprint density at radius 3 is 2.63 bits per heavy atom. The lowest BCUT2D eigenvalue weighted by atomic mass is 10.2. The average molecular weight is 404 g/mol. The van der Waals surface area contributed by atoms with E-state index in [9.17, 15) is 9.59 Å². The van der Waals surface area contributed by atoms with Crippen LogP contribution < -0.4 is 10.1 Å². The van der Waals surface area contributed by atoms with E-state index < -0.39 is 11.9 Å². The van der Waals surface area contributed by atoms with E-state index in [0.29, 0.717) is 11.6 Å². The molecule has 1 N–H and O–H groups in total. The summed E-state index contributed by atoms with van der Waals surface area (Å²) in [7, 11) is 0. The molecule has 0 aliphatic rings. The van der Waals surface area contributed by atoms with Crippen LogP contribution in [0.25, 0.3) is 10.6 Å². The largest absolute Gasteiger partial charge is 0.494 e. The van der Waals surface area contributed by atoms with Gasteiger partial charge in [0.1, 0.15) is 16.5 Å². The van der Waals surface area contributed by atoms with E-state index in [2.05, 4.69) is 19.9 Å². The molecule has 3 aromatic rings. The molecule has 8 nitrogen and oxygen atoms in total. The Morgan fingerprint density at radius 1 is 1.15 bits per heavy atom. The summed E-state index contributed by atoms with van der Waals surface area (Å²) >= 11 is 2.25. The average Bonchev–Trinajstić information content (AvgIpc) is 3.32. The Balaban J connectivity index is 1.72. The van der Waals surface area contributed by atoms with Gasteiger partial charge in [0, 0.05) is 22.5 Å². The summed E-state index contributed by atoms with van der Waals surface area (Å²) in [4.78, 5) is 28.6. The normalized spacial score (nSPS) is 10.4. The number of hydrogen-bond donors (Lipinski definition) is 1. The molecule has 0 aliphatic carbocycles. The highest BCUT2D eigenvalue weighted by atomic mass is 32.1. The molecule has 0 bridgehead atoms. The van der Waals surface area contributed by atoms with Gasteiger partial charge < -0.3 is 14.8 Å². The van der Waals surface area contributed by atoms with Crippen molar-refractivity contribution >= 4 is 39.7 Å². The first kappa shape index (κ1) is 18.9. The molecule has 0 saturated carbocycles. The molecule has 140 valence electrons. The highest BCUT2D eigenvalue weighted by Gasteiger charge is 2.21. The number of benzene rings is 1. The molecule has 0 spiro atoms. The Kier molecular flexibility index (Phi) is 6.09. The number of carbonyl (C=O) groups is 2. The van der Waals surface area contributed by atoms with Crippen LogP contribution >= 0.6 is 22.9 Å².